The molecule has 1 aliphatic rings. The predicted molar refractivity (Wildman–Crippen MR) is 141 cm³/mol. The third kappa shape index (κ3) is 6.72. The van der Waals surface area contributed by atoms with E-state index in [-0.39, 0.29) is 35.9 Å². The minimum Gasteiger partial charge on any atom is -0.457 e. The highest BCUT2D eigenvalue weighted by Gasteiger charge is 2.38. The van der Waals surface area contributed by atoms with Crippen molar-refractivity contribution in [2.24, 2.45) is 5.92 Å². The number of amides is 2. The largest absolute Gasteiger partial charge is 0.457 e. The molecule has 10 heteroatoms. The molecule has 0 saturated carbocycles. The molecular formula is C29H25F2N5O3. The fraction of sp³-hybridized carbons (Fsp3) is 0.172. The Morgan fingerprint density at radius 2 is 1.74 bits per heavy atom. The summed E-state index contributed by atoms with van der Waals surface area (Å²) in [5.41, 5.74) is 1.24. The number of carbonyl (C=O) groups excluding carboxylic acids is 2. The Balaban J connectivity index is 1.27. The molecule has 8 nitrogen and oxygen atoms in total. The van der Waals surface area contributed by atoms with Gasteiger partial charge in [-0.1, -0.05) is 24.3 Å². The van der Waals surface area contributed by atoms with Gasteiger partial charge in [-0.25, -0.2) is 18.4 Å². The number of hydrogen-bond acceptors (Lipinski definition) is 5. The van der Waals surface area contributed by atoms with Crippen LogP contribution in [0.5, 0.6) is 11.5 Å². The summed E-state index contributed by atoms with van der Waals surface area (Å²) in [6.45, 7) is 0.293. The smallest absolute Gasteiger partial charge is 0.247 e. The lowest BCUT2D eigenvalue weighted by atomic mass is 10.0. The minimum absolute atomic E-state index is 0.0421. The maximum absolute atomic E-state index is 13.6. The normalized spacial score (nSPS) is 16.9. The van der Waals surface area contributed by atoms with Crippen molar-refractivity contribution in [3.63, 3.8) is 0 Å². The first-order chi connectivity index (χ1) is 18.9. The quantitative estimate of drug-likeness (QED) is 0.350. The van der Waals surface area contributed by atoms with Crippen molar-refractivity contribution >= 4 is 23.6 Å². The van der Waals surface area contributed by atoms with Gasteiger partial charge in [0.15, 0.2) is 0 Å². The van der Waals surface area contributed by atoms with Gasteiger partial charge in [-0.05, 0) is 78.6 Å². The molecule has 5 rings (SSSR count). The van der Waals surface area contributed by atoms with Crippen molar-refractivity contribution in [3.05, 3.63) is 109 Å². The fourth-order valence-electron chi connectivity index (χ4n) is 4.40. The van der Waals surface area contributed by atoms with Gasteiger partial charge in [0.05, 0.1) is 0 Å². The Morgan fingerprint density at radius 1 is 1.00 bits per heavy atom. The van der Waals surface area contributed by atoms with Crippen LogP contribution in [0.15, 0.2) is 91.5 Å². The highest BCUT2D eigenvalue weighted by atomic mass is 19.1. The SMILES string of the molecule is O=C(Nc1ccc(Oc2ccc(F)cc2)cc1)[C@@H]1CC(/C=C/c2cccc(F)c2)CN1C(=O)Cn1cncn1. The lowest BCUT2D eigenvalue weighted by Gasteiger charge is -2.24. The molecule has 1 fully saturated rings. The molecule has 0 aliphatic carbocycles. The zero-order valence-electron chi connectivity index (χ0n) is 20.8. The molecule has 2 amide bonds. The van der Waals surface area contributed by atoms with Gasteiger partial charge in [-0.2, -0.15) is 5.10 Å². The number of nitrogens with zero attached hydrogens (tertiary/aromatic N) is 4. The van der Waals surface area contributed by atoms with Gasteiger partial charge in [-0.15, -0.1) is 0 Å². The molecular weight excluding hydrogens is 504 g/mol. The number of hydrogen-bond donors (Lipinski definition) is 1. The third-order valence-electron chi connectivity index (χ3n) is 6.30. The van der Waals surface area contributed by atoms with E-state index in [2.05, 4.69) is 15.4 Å². The molecule has 1 aromatic heterocycles. The molecule has 2 atom stereocenters. The standard InChI is InChI=1S/C29H25F2N5O3/c30-22-6-10-25(11-7-22)39-26-12-8-24(9-13-26)34-29(38)27-15-21(5-4-20-2-1-3-23(31)14-20)16-36(27)28(37)17-35-19-32-18-33-35/h1-14,18-19,21,27H,15-17H2,(H,34,38)/b5-4+/t21?,27-/m0/s1. The van der Waals surface area contributed by atoms with E-state index in [0.717, 1.165) is 0 Å². The third-order valence-corrected chi connectivity index (χ3v) is 6.30. The summed E-state index contributed by atoms with van der Waals surface area (Å²) in [7, 11) is 0. The molecule has 0 radical (unpaired) electrons. The molecule has 0 spiro atoms. The summed E-state index contributed by atoms with van der Waals surface area (Å²) in [4.78, 5) is 31.9. The number of likely N-dealkylation sites (tertiary alicyclic amines) is 1. The number of halogens is 2. The first-order valence-corrected chi connectivity index (χ1v) is 12.3. The molecule has 4 aromatic rings. The Morgan fingerprint density at radius 3 is 2.44 bits per heavy atom. The monoisotopic (exact) mass is 529 g/mol. The van der Waals surface area contributed by atoms with E-state index in [1.165, 1.54) is 53.7 Å². The second-order valence-corrected chi connectivity index (χ2v) is 9.13. The van der Waals surface area contributed by atoms with Gasteiger partial charge in [0.1, 0.15) is 48.4 Å². The molecule has 1 N–H and O–H groups in total. The number of benzene rings is 3. The topological polar surface area (TPSA) is 89.4 Å². The van der Waals surface area contributed by atoms with Crippen LogP contribution in [0.2, 0.25) is 0 Å². The van der Waals surface area contributed by atoms with Crippen LogP contribution in [-0.4, -0.2) is 44.1 Å². The van der Waals surface area contributed by atoms with Crippen molar-refractivity contribution < 1.29 is 23.1 Å². The zero-order chi connectivity index (χ0) is 27.2. The fourth-order valence-corrected chi connectivity index (χ4v) is 4.40. The van der Waals surface area contributed by atoms with E-state index in [1.807, 2.05) is 6.08 Å². The van der Waals surface area contributed by atoms with Crippen LogP contribution < -0.4 is 10.1 Å². The van der Waals surface area contributed by atoms with Gasteiger partial charge in [0.2, 0.25) is 11.8 Å². The van der Waals surface area contributed by atoms with E-state index in [0.29, 0.717) is 35.7 Å². The van der Waals surface area contributed by atoms with E-state index in [4.69, 9.17) is 4.74 Å². The lowest BCUT2D eigenvalue weighted by molar-refractivity contribution is -0.137. The molecule has 198 valence electrons. The van der Waals surface area contributed by atoms with Crippen molar-refractivity contribution in [3.8, 4) is 11.5 Å². The second kappa shape index (κ2) is 11.7. The van der Waals surface area contributed by atoms with Gasteiger partial charge in [0, 0.05) is 12.2 Å². The van der Waals surface area contributed by atoms with E-state index in [9.17, 15) is 18.4 Å². The summed E-state index contributed by atoms with van der Waals surface area (Å²) in [5.74, 6) is -0.366. The van der Waals surface area contributed by atoms with Gasteiger partial charge < -0.3 is 15.0 Å². The van der Waals surface area contributed by atoms with E-state index >= 15 is 0 Å². The van der Waals surface area contributed by atoms with Crippen LogP contribution in [0.1, 0.15) is 12.0 Å². The predicted octanol–water partition coefficient (Wildman–Crippen LogP) is 4.92. The Hall–Kier alpha value is -4.86. The lowest BCUT2D eigenvalue weighted by Crippen LogP contribution is -2.44. The van der Waals surface area contributed by atoms with Gasteiger partial charge in [-0.3, -0.25) is 9.59 Å². The number of rotatable bonds is 8. The van der Waals surface area contributed by atoms with Gasteiger partial charge in [0.25, 0.3) is 0 Å². The average molecular weight is 530 g/mol. The summed E-state index contributed by atoms with van der Waals surface area (Å²) in [6, 6.07) is 17.9. The summed E-state index contributed by atoms with van der Waals surface area (Å²) < 4.78 is 33.8. The van der Waals surface area contributed by atoms with Gasteiger partial charge >= 0.3 is 0 Å². The Kier molecular flexibility index (Phi) is 7.72. The molecule has 1 aliphatic heterocycles. The van der Waals surface area contributed by atoms with Crippen molar-refractivity contribution in [1.82, 2.24) is 19.7 Å². The Labute approximate surface area is 223 Å². The highest BCUT2D eigenvalue weighted by Crippen LogP contribution is 2.28. The first kappa shape index (κ1) is 25.8. The number of carbonyl (C=O) groups is 2. The van der Waals surface area contributed by atoms with Crippen molar-refractivity contribution in [2.75, 3.05) is 11.9 Å². The zero-order valence-corrected chi connectivity index (χ0v) is 20.8. The molecule has 2 heterocycles. The maximum atomic E-state index is 13.6. The molecule has 0 bridgehead atoms. The van der Waals surface area contributed by atoms with Crippen LogP contribution in [0.25, 0.3) is 6.08 Å². The average Bonchev–Trinajstić information content (AvgIpc) is 3.60. The van der Waals surface area contributed by atoms with Crippen LogP contribution in [0, 0.1) is 17.6 Å². The molecule has 1 saturated heterocycles. The van der Waals surface area contributed by atoms with Crippen LogP contribution >= 0.6 is 0 Å². The summed E-state index contributed by atoms with van der Waals surface area (Å²) >= 11 is 0. The van der Waals surface area contributed by atoms with Crippen LogP contribution in [0.4, 0.5) is 14.5 Å². The second-order valence-electron chi connectivity index (χ2n) is 9.13. The highest BCUT2D eigenvalue weighted by molar-refractivity contribution is 5.97. The van der Waals surface area contributed by atoms with E-state index in [1.54, 1.807) is 47.4 Å². The number of anilines is 1. The van der Waals surface area contributed by atoms with Crippen LogP contribution in [0.3, 0.4) is 0 Å². The number of nitrogens with one attached hydrogen (secondary N) is 1. The van der Waals surface area contributed by atoms with Crippen molar-refractivity contribution in [1.29, 1.82) is 0 Å². The molecule has 1 unspecified atom stereocenters. The molecule has 39 heavy (non-hydrogen) atoms. The molecule has 3 aromatic carbocycles. The van der Waals surface area contributed by atoms with Crippen molar-refractivity contribution in [2.45, 2.75) is 19.0 Å². The summed E-state index contributed by atoms with van der Waals surface area (Å²) in [6.07, 6.45) is 6.90. The Bertz CT molecular complexity index is 1460. The minimum atomic E-state index is -0.710. The maximum Gasteiger partial charge on any atom is 0.247 e. The summed E-state index contributed by atoms with van der Waals surface area (Å²) in [5, 5.41) is 6.87. The van der Waals surface area contributed by atoms with E-state index < -0.39 is 6.04 Å². The number of ether oxygens (including phenoxy) is 1. The van der Waals surface area contributed by atoms with Crippen LogP contribution in [-0.2, 0) is 16.1 Å². The number of aromatic nitrogens is 3. The first-order valence-electron chi connectivity index (χ1n) is 12.3.